The minimum atomic E-state index is -3.63. The van der Waals surface area contributed by atoms with Crippen molar-refractivity contribution in [3.05, 3.63) is 46.6 Å². The van der Waals surface area contributed by atoms with Crippen molar-refractivity contribution in [1.29, 1.82) is 0 Å². The Balaban J connectivity index is 1.39. The molecule has 9 nitrogen and oxygen atoms in total. The van der Waals surface area contributed by atoms with E-state index in [1.807, 2.05) is 26.8 Å². The van der Waals surface area contributed by atoms with Crippen molar-refractivity contribution in [2.45, 2.75) is 44.4 Å². The Labute approximate surface area is 196 Å². The van der Waals surface area contributed by atoms with Crippen molar-refractivity contribution in [2.75, 3.05) is 13.1 Å². The number of sulfonamides is 1. The zero-order valence-corrected chi connectivity index (χ0v) is 20.4. The molecule has 4 rings (SSSR count). The summed E-state index contributed by atoms with van der Waals surface area (Å²) in [5.41, 5.74) is 6.94. The molecule has 1 unspecified atom stereocenters. The molecule has 1 fully saturated rings. The highest BCUT2D eigenvalue weighted by Gasteiger charge is 2.34. The zero-order valence-electron chi connectivity index (χ0n) is 18.8. The molecule has 2 amide bonds. The molecule has 1 atom stereocenters. The van der Waals surface area contributed by atoms with E-state index >= 15 is 0 Å². The summed E-state index contributed by atoms with van der Waals surface area (Å²) in [6.07, 6.45) is 1.13. The Morgan fingerprint density at radius 3 is 2.67 bits per heavy atom. The van der Waals surface area contributed by atoms with Crippen LogP contribution in [0.25, 0.3) is 11.0 Å². The van der Waals surface area contributed by atoms with Gasteiger partial charge < -0.3 is 4.57 Å². The summed E-state index contributed by atoms with van der Waals surface area (Å²) < 4.78 is 29.5. The lowest BCUT2D eigenvalue weighted by Crippen LogP contribution is -2.49. The van der Waals surface area contributed by atoms with Gasteiger partial charge in [0, 0.05) is 30.1 Å². The largest absolute Gasteiger partial charge is 0.329 e. The molecule has 11 heteroatoms. The van der Waals surface area contributed by atoms with E-state index in [2.05, 4.69) is 20.4 Å². The van der Waals surface area contributed by atoms with Crippen molar-refractivity contribution in [1.82, 2.24) is 24.7 Å². The monoisotopic (exact) mass is 489 g/mol. The molecule has 0 bridgehead atoms. The SMILES string of the molecule is CCn1c(C)nc2cc(C(=O)NNC(=O)C3CCCN(S(=O)(=O)c4ccc(C)s4)C3)ccc21. The number of piperidine rings is 1. The third kappa shape index (κ3) is 4.66. The highest BCUT2D eigenvalue weighted by Crippen LogP contribution is 2.28. The second-order valence-electron chi connectivity index (χ2n) is 8.12. The van der Waals surface area contributed by atoms with Gasteiger partial charge in [-0.05, 0) is 63.9 Å². The number of fused-ring (bicyclic) bond motifs is 1. The second kappa shape index (κ2) is 9.24. The van der Waals surface area contributed by atoms with Crippen LogP contribution in [0.2, 0.25) is 0 Å². The number of aryl methyl sites for hydroxylation is 3. The number of benzene rings is 1. The summed E-state index contributed by atoms with van der Waals surface area (Å²) in [6, 6.07) is 8.59. The van der Waals surface area contributed by atoms with Gasteiger partial charge in [0.1, 0.15) is 10.0 Å². The van der Waals surface area contributed by atoms with Gasteiger partial charge in [-0.2, -0.15) is 4.31 Å². The van der Waals surface area contributed by atoms with Crippen LogP contribution in [-0.4, -0.2) is 47.2 Å². The number of amides is 2. The summed E-state index contributed by atoms with van der Waals surface area (Å²) in [4.78, 5) is 30.7. The Hall–Kier alpha value is -2.76. The van der Waals surface area contributed by atoms with Gasteiger partial charge in [-0.25, -0.2) is 13.4 Å². The first-order valence-electron chi connectivity index (χ1n) is 10.8. The first-order chi connectivity index (χ1) is 15.7. The van der Waals surface area contributed by atoms with Crippen molar-refractivity contribution < 1.29 is 18.0 Å². The van der Waals surface area contributed by atoms with Crippen molar-refractivity contribution in [3.8, 4) is 0 Å². The van der Waals surface area contributed by atoms with Crippen molar-refractivity contribution in [3.63, 3.8) is 0 Å². The predicted octanol–water partition coefficient (Wildman–Crippen LogP) is 2.60. The van der Waals surface area contributed by atoms with E-state index in [-0.39, 0.29) is 10.8 Å². The fraction of sp³-hybridized carbons (Fsp3) is 0.409. The number of nitrogens with zero attached hydrogens (tertiary/aromatic N) is 3. The first-order valence-corrected chi connectivity index (χ1v) is 13.1. The molecule has 1 aromatic carbocycles. The van der Waals surface area contributed by atoms with Crippen LogP contribution in [0, 0.1) is 19.8 Å². The zero-order chi connectivity index (χ0) is 23.8. The van der Waals surface area contributed by atoms with Gasteiger partial charge in [0.25, 0.3) is 15.9 Å². The summed E-state index contributed by atoms with van der Waals surface area (Å²) in [7, 11) is -3.63. The smallest absolute Gasteiger partial charge is 0.269 e. The lowest BCUT2D eigenvalue weighted by molar-refractivity contribution is -0.126. The molecule has 3 aromatic rings. The third-order valence-electron chi connectivity index (χ3n) is 5.88. The van der Waals surface area contributed by atoms with Crippen molar-refractivity contribution >= 4 is 44.2 Å². The molecule has 0 saturated carbocycles. The maximum atomic E-state index is 12.9. The van der Waals surface area contributed by atoms with Gasteiger partial charge in [0.2, 0.25) is 5.91 Å². The second-order valence-corrected chi connectivity index (χ2v) is 11.6. The van der Waals surface area contributed by atoms with Crippen LogP contribution < -0.4 is 10.9 Å². The van der Waals surface area contributed by atoms with E-state index in [1.54, 1.807) is 24.3 Å². The van der Waals surface area contributed by atoms with E-state index in [4.69, 9.17) is 0 Å². The van der Waals surface area contributed by atoms with E-state index in [0.29, 0.717) is 30.5 Å². The highest BCUT2D eigenvalue weighted by atomic mass is 32.2. The van der Waals surface area contributed by atoms with E-state index in [1.165, 1.54) is 15.6 Å². The molecule has 1 saturated heterocycles. The number of imidazole rings is 1. The number of hydrazine groups is 1. The number of aromatic nitrogens is 2. The molecular weight excluding hydrogens is 462 g/mol. The van der Waals surface area contributed by atoms with Gasteiger partial charge in [-0.3, -0.25) is 20.4 Å². The number of hydrogen-bond acceptors (Lipinski definition) is 6. The number of carbonyl (C=O) groups is 2. The minimum absolute atomic E-state index is 0.0840. The van der Waals surface area contributed by atoms with Crippen LogP contribution in [0.15, 0.2) is 34.5 Å². The van der Waals surface area contributed by atoms with Crippen LogP contribution >= 0.6 is 11.3 Å². The van der Waals surface area contributed by atoms with E-state index in [9.17, 15) is 18.0 Å². The van der Waals surface area contributed by atoms with Crippen LogP contribution in [-0.2, 0) is 21.4 Å². The highest BCUT2D eigenvalue weighted by molar-refractivity contribution is 7.91. The first kappa shape index (κ1) is 23.4. The quantitative estimate of drug-likeness (QED) is 0.535. The molecule has 1 aliphatic heterocycles. The summed E-state index contributed by atoms with van der Waals surface area (Å²) in [5, 5.41) is 0. The molecule has 2 aromatic heterocycles. The van der Waals surface area contributed by atoms with E-state index in [0.717, 1.165) is 22.8 Å². The average molecular weight is 490 g/mol. The van der Waals surface area contributed by atoms with E-state index < -0.39 is 27.8 Å². The number of rotatable bonds is 5. The lowest BCUT2D eigenvalue weighted by atomic mass is 9.99. The summed E-state index contributed by atoms with van der Waals surface area (Å²) in [6.45, 7) is 7.04. The molecule has 0 radical (unpaired) electrons. The fourth-order valence-electron chi connectivity index (χ4n) is 4.14. The number of thiophene rings is 1. The molecule has 2 N–H and O–H groups in total. The third-order valence-corrected chi connectivity index (χ3v) is 9.21. The predicted molar refractivity (Wildman–Crippen MR) is 126 cm³/mol. The number of carbonyl (C=O) groups excluding carboxylic acids is 2. The maximum Gasteiger partial charge on any atom is 0.269 e. The molecule has 0 spiro atoms. The van der Waals surface area contributed by atoms with Gasteiger partial charge in [0.15, 0.2) is 0 Å². The minimum Gasteiger partial charge on any atom is -0.329 e. The molecule has 176 valence electrons. The Kier molecular flexibility index (Phi) is 6.55. The standard InChI is InChI=1S/C22H27N5O4S2/c1-4-27-15(3)23-18-12-16(8-9-19(18)27)21(28)24-25-22(29)17-6-5-11-26(13-17)33(30,31)20-10-7-14(2)32-20/h7-10,12,17H,4-6,11,13H2,1-3H3,(H,24,28)(H,25,29). The van der Waals surface area contributed by atoms with Gasteiger partial charge in [0.05, 0.1) is 17.0 Å². The molecule has 0 aliphatic carbocycles. The normalized spacial score (nSPS) is 17.2. The van der Waals surface area contributed by atoms with Crippen molar-refractivity contribution in [2.24, 2.45) is 5.92 Å². The Bertz CT molecular complexity index is 1310. The molecule has 1 aliphatic rings. The molecular formula is C22H27N5O4S2. The van der Waals surface area contributed by atoms with Crippen LogP contribution in [0.3, 0.4) is 0 Å². The molecule has 33 heavy (non-hydrogen) atoms. The summed E-state index contributed by atoms with van der Waals surface area (Å²) >= 11 is 1.22. The Morgan fingerprint density at radius 2 is 1.97 bits per heavy atom. The van der Waals surface area contributed by atoms with Crippen LogP contribution in [0.4, 0.5) is 0 Å². The lowest BCUT2D eigenvalue weighted by Gasteiger charge is -2.30. The number of hydrogen-bond donors (Lipinski definition) is 2. The van der Waals surface area contributed by atoms with Crippen LogP contribution in [0.1, 0.15) is 40.8 Å². The average Bonchev–Trinajstić information content (AvgIpc) is 3.39. The topological polar surface area (TPSA) is 113 Å². The van der Waals surface area contributed by atoms with Gasteiger partial charge in [-0.1, -0.05) is 0 Å². The Morgan fingerprint density at radius 1 is 1.18 bits per heavy atom. The summed E-state index contributed by atoms with van der Waals surface area (Å²) in [5.74, 6) is -0.533. The number of nitrogens with one attached hydrogen (secondary N) is 2. The maximum absolute atomic E-state index is 12.9. The fourth-order valence-corrected chi connectivity index (χ4v) is 7.10. The van der Waals surface area contributed by atoms with Gasteiger partial charge in [-0.15, -0.1) is 11.3 Å². The van der Waals surface area contributed by atoms with Gasteiger partial charge >= 0.3 is 0 Å². The van der Waals surface area contributed by atoms with Crippen LogP contribution in [0.5, 0.6) is 0 Å². The molecule has 3 heterocycles.